The van der Waals surface area contributed by atoms with E-state index in [4.69, 9.17) is 0 Å². The lowest BCUT2D eigenvalue weighted by Gasteiger charge is -2.41. The molecule has 3 rings (SSSR count). The van der Waals surface area contributed by atoms with Crippen LogP contribution in [0.4, 0.5) is 30.2 Å². The molecule has 0 saturated carbocycles. The Morgan fingerprint density at radius 2 is 1.41 bits per heavy atom. The monoisotopic (exact) mass is 328 g/mol. The Bertz CT molecular complexity index is 593. The Kier molecular flexibility index (Phi) is 4.86. The molecule has 1 N–H and O–H groups in total. The Labute approximate surface area is 133 Å². The smallest absolute Gasteiger partial charge is 0.370 e. The topological polar surface area (TPSA) is 15.3 Å². The maximum Gasteiger partial charge on any atom is 0.395 e. The molecule has 0 radical (unpaired) electrons. The van der Waals surface area contributed by atoms with Gasteiger partial charge in [-0.15, -0.1) is 12.4 Å². The minimum Gasteiger partial charge on any atom is -0.370 e. The van der Waals surface area contributed by atoms with Crippen molar-refractivity contribution in [3.8, 4) is 0 Å². The summed E-state index contributed by atoms with van der Waals surface area (Å²) < 4.78 is 37.4. The van der Waals surface area contributed by atoms with Gasteiger partial charge in [-0.3, -0.25) is 0 Å². The van der Waals surface area contributed by atoms with E-state index in [0.29, 0.717) is 0 Å². The van der Waals surface area contributed by atoms with Gasteiger partial charge in [0, 0.05) is 30.2 Å². The molecule has 2 aromatic rings. The highest BCUT2D eigenvalue weighted by Gasteiger charge is 2.47. The normalized spacial score (nSPS) is 15.0. The van der Waals surface area contributed by atoms with Gasteiger partial charge >= 0.3 is 6.18 Å². The van der Waals surface area contributed by atoms with Gasteiger partial charge in [-0.2, -0.15) is 13.2 Å². The maximum atomic E-state index is 12.5. The lowest BCUT2D eigenvalue weighted by Crippen LogP contribution is -2.53. The summed E-state index contributed by atoms with van der Waals surface area (Å²) in [5.74, 6) is -1.19. The number of rotatable bonds is 3. The molecule has 1 fully saturated rings. The molecule has 0 amide bonds. The lowest BCUT2D eigenvalue weighted by molar-refractivity contribution is -0.180. The van der Waals surface area contributed by atoms with Gasteiger partial charge in [-0.25, -0.2) is 0 Å². The van der Waals surface area contributed by atoms with E-state index in [-0.39, 0.29) is 25.5 Å². The van der Waals surface area contributed by atoms with Gasteiger partial charge in [-0.1, -0.05) is 18.2 Å². The average molecular weight is 329 g/mol. The molecule has 2 aromatic carbocycles. The number of alkyl halides is 3. The molecule has 2 nitrogen and oxygen atoms in total. The van der Waals surface area contributed by atoms with Crippen LogP contribution in [0.25, 0.3) is 0 Å². The van der Waals surface area contributed by atoms with Crippen LogP contribution in [0.15, 0.2) is 54.6 Å². The second-order valence-corrected chi connectivity index (χ2v) is 5.18. The average Bonchev–Trinajstić information content (AvgIpc) is 2.39. The van der Waals surface area contributed by atoms with Gasteiger partial charge < -0.3 is 10.2 Å². The summed E-state index contributed by atoms with van der Waals surface area (Å²) in [7, 11) is 0. The molecule has 0 aromatic heterocycles. The maximum absolute atomic E-state index is 12.5. The van der Waals surface area contributed by atoms with Gasteiger partial charge in [0.05, 0.1) is 5.92 Å². The van der Waals surface area contributed by atoms with Crippen LogP contribution in [0.1, 0.15) is 0 Å². The SMILES string of the molecule is Cl.FC(F)(F)C1CN(c2ccc(Nc3ccccc3)cc2)C1. The van der Waals surface area contributed by atoms with Gasteiger partial charge in [0.2, 0.25) is 0 Å². The van der Waals surface area contributed by atoms with Crippen LogP contribution >= 0.6 is 12.4 Å². The zero-order valence-corrected chi connectivity index (χ0v) is 12.5. The van der Waals surface area contributed by atoms with Crippen LogP contribution in [0, 0.1) is 5.92 Å². The third kappa shape index (κ3) is 3.65. The molecule has 0 bridgehead atoms. The van der Waals surface area contributed by atoms with Crippen LogP contribution in [-0.4, -0.2) is 19.3 Å². The number of hydrogen-bond donors (Lipinski definition) is 1. The number of anilines is 3. The number of benzene rings is 2. The fourth-order valence-electron chi connectivity index (χ4n) is 2.34. The summed E-state index contributed by atoms with van der Waals surface area (Å²) in [5.41, 5.74) is 2.72. The third-order valence-corrected chi connectivity index (χ3v) is 3.64. The molecule has 0 spiro atoms. The molecule has 118 valence electrons. The van der Waals surface area contributed by atoms with Crippen molar-refractivity contribution in [2.45, 2.75) is 6.18 Å². The van der Waals surface area contributed by atoms with Gasteiger partial charge in [-0.05, 0) is 36.4 Å². The van der Waals surface area contributed by atoms with Crippen molar-refractivity contribution in [1.29, 1.82) is 0 Å². The van der Waals surface area contributed by atoms with E-state index in [0.717, 1.165) is 17.1 Å². The molecule has 22 heavy (non-hydrogen) atoms. The standard InChI is InChI=1S/C16H15F3N2.ClH/c17-16(18,19)12-10-21(11-12)15-8-6-14(7-9-15)20-13-4-2-1-3-5-13;/h1-9,12,20H,10-11H2;1H. The number of halogens is 4. The van der Waals surface area contributed by atoms with Gasteiger partial charge in [0.1, 0.15) is 0 Å². The predicted octanol–water partition coefficient (Wildman–Crippen LogP) is 4.85. The van der Waals surface area contributed by atoms with E-state index in [1.54, 1.807) is 4.90 Å². The van der Waals surface area contributed by atoms with E-state index >= 15 is 0 Å². The highest BCUT2D eigenvalue weighted by atomic mass is 35.5. The number of para-hydroxylation sites is 1. The Morgan fingerprint density at radius 1 is 0.864 bits per heavy atom. The fraction of sp³-hybridized carbons (Fsp3) is 0.250. The molecular weight excluding hydrogens is 313 g/mol. The Balaban J connectivity index is 0.00000176. The zero-order valence-electron chi connectivity index (χ0n) is 11.7. The van der Waals surface area contributed by atoms with E-state index in [9.17, 15) is 13.2 Å². The zero-order chi connectivity index (χ0) is 14.9. The summed E-state index contributed by atoms with van der Waals surface area (Å²) in [6.45, 7) is 0.101. The fourth-order valence-corrected chi connectivity index (χ4v) is 2.34. The lowest BCUT2D eigenvalue weighted by atomic mass is 9.98. The van der Waals surface area contributed by atoms with Gasteiger partial charge in [0.15, 0.2) is 0 Å². The highest BCUT2D eigenvalue weighted by Crippen LogP contribution is 2.36. The Morgan fingerprint density at radius 3 is 1.95 bits per heavy atom. The largest absolute Gasteiger partial charge is 0.395 e. The van der Waals surface area contributed by atoms with Crippen molar-refractivity contribution in [2.75, 3.05) is 23.3 Å². The summed E-state index contributed by atoms with van der Waals surface area (Å²) in [4.78, 5) is 1.74. The van der Waals surface area contributed by atoms with E-state index in [1.807, 2.05) is 54.6 Å². The predicted molar refractivity (Wildman–Crippen MR) is 85.2 cm³/mol. The van der Waals surface area contributed by atoms with Gasteiger partial charge in [0.25, 0.3) is 0 Å². The molecule has 1 aliphatic heterocycles. The second-order valence-electron chi connectivity index (χ2n) is 5.18. The van der Waals surface area contributed by atoms with E-state index in [2.05, 4.69) is 5.32 Å². The first kappa shape index (κ1) is 16.5. The summed E-state index contributed by atoms with van der Waals surface area (Å²) in [5, 5.41) is 3.24. The molecular formula is C16H16ClF3N2. The molecule has 1 heterocycles. The summed E-state index contributed by atoms with van der Waals surface area (Å²) >= 11 is 0. The van der Waals surface area contributed by atoms with E-state index in [1.165, 1.54) is 0 Å². The van der Waals surface area contributed by atoms with Crippen molar-refractivity contribution < 1.29 is 13.2 Å². The summed E-state index contributed by atoms with van der Waals surface area (Å²) in [6, 6.07) is 17.2. The minimum absolute atomic E-state index is 0. The van der Waals surface area contributed by atoms with Crippen LogP contribution < -0.4 is 10.2 Å². The molecule has 1 aliphatic rings. The van der Waals surface area contributed by atoms with Crippen LogP contribution in [-0.2, 0) is 0 Å². The van der Waals surface area contributed by atoms with Crippen molar-refractivity contribution in [3.05, 3.63) is 54.6 Å². The number of nitrogens with one attached hydrogen (secondary N) is 1. The number of nitrogens with zero attached hydrogens (tertiary/aromatic N) is 1. The van der Waals surface area contributed by atoms with Crippen molar-refractivity contribution in [2.24, 2.45) is 5.92 Å². The molecule has 6 heteroatoms. The van der Waals surface area contributed by atoms with E-state index < -0.39 is 12.1 Å². The molecule has 0 atom stereocenters. The Hall–Kier alpha value is -1.88. The molecule has 0 unspecified atom stereocenters. The first-order valence-electron chi connectivity index (χ1n) is 6.76. The van der Waals surface area contributed by atoms with Crippen LogP contribution in [0.3, 0.4) is 0 Å². The molecule has 0 aliphatic carbocycles. The second kappa shape index (κ2) is 6.48. The quantitative estimate of drug-likeness (QED) is 0.866. The third-order valence-electron chi connectivity index (χ3n) is 3.64. The van der Waals surface area contributed by atoms with Crippen LogP contribution in [0.5, 0.6) is 0 Å². The van der Waals surface area contributed by atoms with Crippen LogP contribution in [0.2, 0.25) is 0 Å². The minimum atomic E-state index is -4.08. The first-order chi connectivity index (χ1) is 10.0. The number of hydrogen-bond acceptors (Lipinski definition) is 2. The highest BCUT2D eigenvalue weighted by molar-refractivity contribution is 5.85. The summed E-state index contributed by atoms with van der Waals surface area (Å²) in [6.07, 6.45) is -4.08. The van der Waals surface area contributed by atoms with Crippen molar-refractivity contribution in [3.63, 3.8) is 0 Å². The van der Waals surface area contributed by atoms with Crippen molar-refractivity contribution >= 4 is 29.5 Å². The van der Waals surface area contributed by atoms with Crippen molar-refractivity contribution in [1.82, 2.24) is 0 Å². The molecule has 1 saturated heterocycles. The first-order valence-corrected chi connectivity index (χ1v) is 6.76.